The average Bonchev–Trinajstić information content (AvgIpc) is 2.24. The second-order valence-corrected chi connectivity index (χ2v) is 6.28. The Balaban J connectivity index is 2.60. The summed E-state index contributed by atoms with van der Waals surface area (Å²) in [5, 5.41) is 3.24. The lowest BCUT2D eigenvalue weighted by Gasteiger charge is -2.42. The van der Waals surface area contributed by atoms with Gasteiger partial charge in [-0.25, -0.2) is 0 Å². The van der Waals surface area contributed by atoms with Crippen molar-refractivity contribution in [2.45, 2.75) is 51.4 Å². The maximum Gasteiger partial charge on any atom is 0.0340 e. The molecular formula is C15H23N. The molecule has 0 aliphatic heterocycles. The quantitative estimate of drug-likeness (QED) is 0.747. The Morgan fingerprint density at radius 1 is 0.938 bits per heavy atom. The van der Waals surface area contributed by atoms with E-state index in [1.807, 2.05) is 7.05 Å². The van der Waals surface area contributed by atoms with Crippen LogP contribution in [0.25, 0.3) is 0 Å². The largest absolute Gasteiger partial charge is 0.388 e. The molecule has 0 saturated carbocycles. The van der Waals surface area contributed by atoms with Crippen molar-refractivity contribution in [2.75, 3.05) is 12.4 Å². The van der Waals surface area contributed by atoms with Crippen LogP contribution in [0, 0.1) is 0 Å². The molecule has 1 aliphatic carbocycles. The van der Waals surface area contributed by atoms with Crippen molar-refractivity contribution in [2.24, 2.45) is 0 Å². The number of hydrogen-bond donors (Lipinski definition) is 1. The van der Waals surface area contributed by atoms with Crippen molar-refractivity contribution < 1.29 is 0 Å². The zero-order valence-corrected chi connectivity index (χ0v) is 11.1. The Hall–Kier alpha value is -0.980. The summed E-state index contributed by atoms with van der Waals surface area (Å²) in [4.78, 5) is 0. The van der Waals surface area contributed by atoms with Gasteiger partial charge < -0.3 is 5.32 Å². The smallest absolute Gasteiger partial charge is 0.0340 e. The van der Waals surface area contributed by atoms with E-state index in [9.17, 15) is 0 Å². The number of fused-ring (bicyclic) bond motifs is 1. The molecule has 16 heavy (non-hydrogen) atoms. The Labute approximate surface area is 99.3 Å². The summed E-state index contributed by atoms with van der Waals surface area (Å²) in [6.45, 7) is 9.45. The van der Waals surface area contributed by atoms with E-state index in [0.717, 1.165) is 0 Å². The molecule has 1 heteroatoms. The fourth-order valence-electron chi connectivity index (χ4n) is 2.74. The second-order valence-electron chi connectivity index (χ2n) is 6.28. The number of hydrogen-bond acceptors (Lipinski definition) is 1. The SMILES string of the molecule is CNc1ccc2c(c1)C(C)(C)CCC2(C)C. The summed E-state index contributed by atoms with van der Waals surface area (Å²) >= 11 is 0. The van der Waals surface area contributed by atoms with Crippen LogP contribution < -0.4 is 5.32 Å². The van der Waals surface area contributed by atoms with Crippen molar-refractivity contribution in [3.8, 4) is 0 Å². The third kappa shape index (κ3) is 1.73. The maximum absolute atomic E-state index is 3.24. The molecule has 1 nitrogen and oxygen atoms in total. The highest BCUT2D eigenvalue weighted by molar-refractivity contribution is 5.53. The highest BCUT2D eigenvalue weighted by Crippen LogP contribution is 2.46. The van der Waals surface area contributed by atoms with E-state index in [1.54, 1.807) is 0 Å². The molecule has 0 radical (unpaired) electrons. The van der Waals surface area contributed by atoms with Gasteiger partial charge >= 0.3 is 0 Å². The summed E-state index contributed by atoms with van der Waals surface area (Å²) in [7, 11) is 1.99. The van der Waals surface area contributed by atoms with Crippen LogP contribution >= 0.6 is 0 Å². The molecule has 0 aromatic heterocycles. The molecule has 0 bridgehead atoms. The van der Waals surface area contributed by atoms with Crippen LogP contribution in [0.1, 0.15) is 51.7 Å². The van der Waals surface area contributed by atoms with E-state index in [1.165, 1.54) is 29.7 Å². The number of benzene rings is 1. The highest BCUT2D eigenvalue weighted by atomic mass is 14.8. The number of nitrogens with one attached hydrogen (secondary N) is 1. The van der Waals surface area contributed by atoms with E-state index in [0.29, 0.717) is 10.8 Å². The van der Waals surface area contributed by atoms with Gasteiger partial charge in [-0.3, -0.25) is 0 Å². The molecule has 1 aromatic carbocycles. The van der Waals surface area contributed by atoms with Gasteiger partial charge in [0.15, 0.2) is 0 Å². The summed E-state index contributed by atoms with van der Waals surface area (Å²) in [5.41, 5.74) is 4.93. The first kappa shape index (κ1) is 11.5. The molecule has 88 valence electrons. The summed E-state index contributed by atoms with van der Waals surface area (Å²) < 4.78 is 0. The number of rotatable bonds is 1. The fourth-order valence-corrected chi connectivity index (χ4v) is 2.74. The van der Waals surface area contributed by atoms with Crippen molar-refractivity contribution in [3.05, 3.63) is 29.3 Å². The van der Waals surface area contributed by atoms with Gasteiger partial charge in [0.1, 0.15) is 0 Å². The zero-order chi connectivity index (χ0) is 12.0. The zero-order valence-electron chi connectivity index (χ0n) is 11.1. The van der Waals surface area contributed by atoms with Crippen molar-refractivity contribution in [1.82, 2.24) is 0 Å². The molecule has 2 rings (SSSR count). The molecule has 0 atom stereocenters. The molecule has 0 unspecified atom stereocenters. The Morgan fingerprint density at radius 2 is 1.50 bits per heavy atom. The summed E-state index contributed by atoms with van der Waals surface area (Å²) in [6.07, 6.45) is 2.56. The van der Waals surface area contributed by atoms with Crippen LogP contribution in [-0.4, -0.2) is 7.05 Å². The van der Waals surface area contributed by atoms with Gasteiger partial charge in [0.2, 0.25) is 0 Å². The normalized spacial score (nSPS) is 21.3. The maximum atomic E-state index is 3.24. The molecule has 0 amide bonds. The predicted octanol–water partition coefficient (Wildman–Crippen LogP) is 4.08. The van der Waals surface area contributed by atoms with Crippen LogP contribution in [0.3, 0.4) is 0 Å². The van der Waals surface area contributed by atoms with Gasteiger partial charge in [0, 0.05) is 12.7 Å². The monoisotopic (exact) mass is 217 g/mol. The third-order valence-electron chi connectivity index (χ3n) is 4.14. The predicted molar refractivity (Wildman–Crippen MR) is 71.3 cm³/mol. The highest BCUT2D eigenvalue weighted by Gasteiger charge is 2.36. The van der Waals surface area contributed by atoms with Crippen LogP contribution in [-0.2, 0) is 10.8 Å². The minimum atomic E-state index is 0.317. The standard InChI is InChI=1S/C15H23N/c1-14(2)8-9-15(3,4)13-10-11(16-5)6-7-12(13)14/h6-7,10,16H,8-9H2,1-5H3. The molecule has 0 spiro atoms. The lowest BCUT2D eigenvalue weighted by Crippen LogP contribution is -2.33. The van der Waals surface area contributed by atoms with Gasteiger partial charge in [-0.1, -0.05) is 33.8 Å². The van der Waals surface area contributed by atoms with Crippen molar-refractivity contribution >= 4 is 5.69 Å². The third-order valence-corrected chi connectivity index (χ3v) is 4.14. The van der Waals surface area contributed by atoms with E-state index < -0.39 is 0 Å². The van der Waals surface area contributed by atoms with Gasteiger partial charge in [-0.05, 0) is 46.9 Å². The first-order chi connectivity index (χ1) is 7.37. The second kappa shape index (κ2) is 3.51. The van der Waals surface area contributed by atoms with Crippen molar-refractivity contribution in [1.29, 1.82) is 0 Å². The lowest BCUT2D eigenvalue weighted by molar-refractivity contribution is 0.332. The Kier molecular flexibility index (Phi) is 2.52. The summed E-state index contributed by atoms with van der Waals surface area (Å²) in [6, 6.07) is 6.83. The van der Waals surface area contributed by atoms with Crippen LogP contribution in [0.15, 0.2) is 18.2 Å². The average molecular weight is 217 g/mol. The minimum absolute atomic E-state index is 0.317. The first-order valence-corrected chi connectivity index (χ1v) is 6.20. The van der Waals surface area contributed by atoms with E-state index >= 15 is 0 Å². The molecule has 0 fully saturated rings. The Bertz CT molecular complexity index is 402. The minimum Gasteiger partial charge on any atom is -0.388 e. The molecule has 0 heterocycles. The van der Waals surface area contributed by atoms with Crippen LogP contribution in [0.2, 0.25) is 0 Å². The molecule has 1 N–H and O–H groups in total. The molecule has 1 aromatic rings. The van der Waals surface area contributed by atoms with E-state index in [4.69, 9.17) is 0 Å². The molecule has 0 saturated heterocycles. The fraction of sp³-hybridized carbons (Fsp3) is 0.600. The van der Waals surface area contributed by atoms with Crippen LogP contribution in [0.4, 0.5) is 5.69 Å². The Morgan fingerprint density at radius 3 is 2.06 bits per heavy atom. The topological polar surface area (TPSA) is 12.0 Å². The first-order valence-electron chi connectivity index (χ1n) is 6.20. The molecule has 1 aliphatic rings. The lowest BCUT2D eigenvalue weighted by atomic mass is 9.63. The number of anilines is 1. The van der Waals surface area contributed by atoms with E-state index in [2.05, 4.69) is 51.2 Å². The van der Waals surface area contributed by atoms with E-state index in [-0.39, 0.29) is 0 Å². The van der Waals surface area contributed by atoms with Gasteiger partial charge in [0.05, 0.1) is 0 Å². The molecular weight excluding hydrogens is 194 g/mol. The van der Waals surface area contributed by atoms with Crippen LogP contribution in [0.5, 0.6) is 0 Å². The van der Waals surface area contributed by atoms with Gasteiger partial charge in [-0.15, -0.1) is 0 Å². The van der Waals surface area contributed by atoms with Gasteiger partial charge in [0.25, 0.3) is 0 Å². The summed E-state index contributed by atoms with van der Waals surface area (Å²) in [5.74, 6) is 0. The van der Waals surface area contributed by atoms with Gasteiger partial charge in [-0.2, -0.15) is 0 Å². The van der Waals surface area contributed by atoms with Crippen molar-refractivity contribution in [3.63, 3.8) is 0 Å².